The van der Waals surface area contributed by atoms with Gasteiger partial charge in [-0.2, -0.15) is 0 Å². The number of alkyl carbamates (subject to hydrolysis) is 1. The summed E-state index contributed by atoms with van der Waals surface area (Å²) in [5.41, 5.74) is 10.6. The fourth-order valence-corrected chi connectivity index (χ4v) is 4.49. The number of fused-ring (bicyclic) bond motifs is 3. The fourth-order valence-electron chi connectivity index (χ4n) is 4.49. The molecular weight excluding hydrogens is 474 g/mol. The summed E-state index contributed by atoms with van der Waals surface area (Å²) in [5.74, 6) is -0.702. The van der Waals surface area contributed by atoms with E-state index in [-0.39, 0.29) is 24.8 Å². The summed E-state index contributed by atoms with van der Waals surface area (Å²) in [4.78, 5) is 35.8. The normalized spacial score (nSPS) is 12.8. The van der Waals surface area contributed by atoms with Crippen molar-refractivity contribution in [2.24, 2.45) is 5.73 Å². The van der Waals surface area contributed by atoms with Crippen LogP contribution in [0.1, 0.15) is 41.9 Å². The first-order chi connectivity index (χ1) is 18.0. The smallest absolute Gasteiger partial charge is 0.407 e. The minimum Gasteiger partial charge on any atom is -0.459 e. The number of nitro groups is 1. The van der Waals surface area contributed by atoms with Gasteiger partial charge in [0.1, 0.15) is 19.3 Å². The van der Waals surface area contributed by atoms with Crippen LogP contribution in [0.5, 0.6) is 0 Å². The van der Waals surface area contributed by atoms with E-state index < -0.39 is 23.0 Å². The molecule has 0 saturated heterocycles. The van der Waals surface area contributed by atoms with Gasteiger partial charge in [-0.3, -0.25) is 10.1 Å². The first kappa shape index (κ1) is 25.8. The van der Waals surface area contributed by atoms with Gasteiger partial charge in [0.05, 0.1) is 4.92 Å². The second-order valence-corrected chi connectivity index (χ2v) is 8.84. The maximum Gasteiger partial charge on any atom is 0.407 e. The van der Waals surface area contributed by atoms with E-state index in [0.29, 0.717) is 31.4 Å². The molecule has 1 amide bonds. The lowest BCUT2D eigenvalue weighted by molar-refractivity contribution is -0.384. The zero-order chi connectivity index (χ0) is 26.2. The van der Waals surface area contributed by atoms with Crippen molar-refractivity contribution >= 4 is 17.7 Å². The summed E-state index contributed by atoms with van der Waals surface area (Å²) < 4.78 is 11.0. The SMILES string of the molecule is NCCCC[C@H](NC(=O)OCC1c2ccccc2-c2ccccc21)C(=O)OCc1ccc([N+](=O)[O-])cc1. The first-order valence-corrected chi connectivity index (χ1v) is 12.2. The number of carbonyl (C=O) groups excluding carboxylic acids is 2. The lowest BCUT2D eigenvalue weighted by Crippen LogP contribution is -2.42. The number of non-ortho nitro benzene ring substituents is 1. The molecule has 1 aliphatic carbocycles. The molecule has 0 fully saturated rings. The summed E-state index contributed by atoms with van der Waals surface area (Å²) >= 11 is 0. The van der Waals surface area contributed by atoms with Gasteiger partial charge in [0.2, 0.25) is 0 Å². The predicted octanol–water partition coefficient (Wildman–Crippen LogP) is 4.67. The van der Waals surface area contributed by atoms with Crippen LogP contribution in [0, 0.1) is 10.1 Å². The maximum atomic E-state index is 12.8. The van der Waals surface area contributed by atoms with E-state index in [0.717, 1.165) is 22.3 Å². The van der Waals surface area contributed by atoms with Gasteiger partial charge in [0.15, 0.2) is 0 Å². The molecule has 0 radical (unpaired) electrons. The third-order valence-corrected chi connectivity index (χ3v) is 6.40. The number of esters is 1. The topological polar surface area (TPSA) is 134 Å². The minimum atomic E-state index is -0.903. The lowest BCUT2D eigenvalue weighted by atomic mass is 9.98. The molecule has 3 N–H and O–H groups in total. The molecule has 0 aromatic heterocycles. The zero-order valence-corrected chi connectivity index (χ0v) is 20.3. The Morgan fingerprint density at radius 1 is 0.919 bits per heavy atom. The average molecular weight is 504 g/mol. The van der Waals surface area contributed by atoms with E-state index in [1.165, 1.54) is 24.3 Å². The van der Waals surface area contributed by atoms with E-state index in [1.807, 2.05) is 36.4 Å². The van der Waals surface area contributed by atoms with Gasteiger partial charge < -0.3 is 20.5 Å². The minimum absolute atomic E-state index is 0.0494. The Labute approximate surface area is 214 Å². The molecule has 0 saturated carbocycles. The standard InChI is InChI=1S/C28H29N3O6/c29-16-6-5-11-26(27(32)36-17-19-12-14-20(15-13-19)31(34)35)30-28(33)37-18-25-23-9-3-1-7-21(23)22-8-2-4-10-24(22)25/h1-4,7-10,12-15,25-26H,5-6,11,16-18,29H2,(H,30,33)/t26-/m0/s1. The molecule has 4 rings (SSSR count). The number of amides is 1. The van der Waals surface area contributed by atoms with Crippen molar-refractivity contribution in [3.8, 4) is 11.1 Å². The van der Waals surface area contributed by atoms with Crippen molar-refractivity contribution in [2.75, 3.05) is 13.2 Å². The third kappa shape index (κ3) is 6.31. The summed E-state index contributed by atoms with van der Waals surface area (Å²) in [7, 11) is 0. The van der Waals surface area contributed by atoms with Crippen LogP contribution >= 0.6 is 0 Å². The van der Waals surface area contributed by atoms with Crippen LogP contribution in [0.4, 0.5) is 10.5 Å². The molecule has 192 valence electrons. The highest BCUT2D eigenvalue weighted by molar-refractivity contribution is 5.82. The summed E-state index contributed by atoms with van der Waals surface area (Å²) in [6.07, 6.45) is 0.961. The summed E-state index contributed by atoms with van der Waals surface area (Å²) in [6, 6.07) is 20.9. The number of nitro benzene ring substituents is 1. The van der Waals surface area contributed by atoms with Crippen LogP contribution in [0.2, 0.25) is 0 Å². The molecule has 0 heterocycles. The molecule has 0 aliphatic heterocycles. The van der Waals surface area contributed by atoms with Crippen molar-refractivity contribution in [3.63, 3.8) is 0 Å². The van der Waals surface area contributed by atoms with Crippen molar-refractivity contribution < 1.29 is 24.0 Å². The van der Waals surface area contributed by atoms with Gasteiger partial charge in [-0.15, -0.1) is 0 Å². The molecule has 37 heavy (non-hydrogen) atoms. The van der Waals surface area contributed by atoms with Crippen molar-refractivity contribution in [1.29, 1.82) is 0 Å². The Bertz CT molecular complexity index is 1220. The number of benzene rings is 3. The number of ether oxygens (including phenoxy) is 2. The monoisotopic (exact) mass is 503 g/mol. The Morgan fingerprint density at radius 2 is 1.54 bits per heavy atom. The molecule has 3 aromatic carbocycles. The van der Waals surface area contributed by atoms with Gasteiger partial charge in [0, 0.05) is 18.1 Å². The summed E-state index contributed by atoms with van der Waals surface area (Å²) in [6.45, 7) is 0.527. The maximum absolute atomic E-state index is 12.8. The number of nitrogens with zero attached hydrogens (tertiary/aromatic N) is 1. The Kier molecular flexibility index (Phi) is 8.48. The predicted molar refractivity (Wildman–Crippen MR) is 138 cm³/mol. The number of nitrogens with one attached hydrogen (secondary N) is 1. The Morgan fingerprint density at radius 3 is 2.14 bits per heavy atom. The number of hydrogen-bond donors (Lipinski definition) is 2. The van der Waals surface area contributed by atoms with E-state index >= 15 is 0 Å². The molecule has 9 nitrogen and oxygen atoms in total. The number of rotatable bonds is 11. The van der Waals surface area contributed by atoms with Crippen LogP contribution in [0.3, 0.4) is 0 Å². The van der Waals surface area contributed by atoms with Crippen molar-refractivity contribution in [1.82, 2.24) is 5.32 Å². The first-order valence-electron chi connectivity index (χ1n) is 12.2. The Hall–Kier alpha value is -4.24. The van der Waals surface area contributed by atoms with Gasteiger partial charge in [0.25, 0.3) is 5.69 Å². The molecular formula is C28H29N3O6. The average Bonchev–Trinajstić information content (AvgIpc) is 3.24. The zero-order valence-electron chi connectivity index (χ0n) is 20.3. The number of hydrogen-bond acceptors (Lipinski definition) is 7. The fraction of sp³-hybridized carbons (Fsp3) is 0.286. The van der Waals surface area contributed by atoms with E-state index in [2.05, 4.69) is 17.4 Å². The van der Waals surface area contributed by atoms with Crippen molar-refractivity contribution in [3.05, 3.63) is 99.6 Å². The molecule has 0 bridgehead atoms. The van der Waals surface area contributed by atoms with Gasteiger partial charge >= 0.3 is 12.1 Å². The number of unbranched alkanes of at least 4 members (excludes halogenated alkanes) is 1. The van der Waals surface area contributed by atoms with Crippen LogP contribution in [0.25, 0.3) is 11.1 Å². The van der Waals surface area contributed by atoms with Crippen LogP contribution in [0.15, 0.2) is 72.8 Å². The Balaban J connectivity index is 1.36. The second kappa shape index (κ2) is 12.1. The molecule has 1 aliphatic rings. The third-order valence-electron chi connectivity index (χ3n) is 6.40. The second-order valence-electron chi connectivity index (χ2n) is 8.84. The van der Waals surface area contributed by atoms with Gasteiger partial charge in [-0.25, -0.2) is 9.59 Å². The molecule has 3 aromatic rings. The highest BCUT2D eigenvalue weighted by Crippen LogP contribution is 2.44. The van der Waals surface area contributed by atoms with Gasteiger partial charge in [-0.05, 0) is 65.8 Å². The van der Waals surface area contributed by atoms with E-state index in [1.54, 1.807) is 0 Å². The lowest BCUT2D eigenvalue weighted by Gasteiger charge is -2.19. The van der Waals surface area contributed by atoms with Crippen molar-refractivity contribution in [2.45, 2.75) is 37.8 Å². The number of nitrogens with two attached hydrogens (primary N) is 1. The van der Waals surface area contributed by atoms with E-state index in [9.17, 15) is 19.7 Å². The summed E-state index contributed by atoms with van der Waals surface area (Å²) in [5, 5.41) is 13.5. The van der Waals surface area contributed by atoms with Crippen LogP contribution in [-0.2, 0) is 20.9 Å². The largest absolute Gasteiger partial charge is 0.459 e. The van der Waals surface area contributed by atoms with Crippen LogP contribution in [-0.4, -0.2) is 36.2 Å². The van der Waals surface area contributed by atoms with E-state index in [4.69, 9.17) is 15.2 Å². The molecule has 9 heteroatoms. The van der Waals surface area contributed by atoms with Gasteiger partial charge in [-0.1, -0.05) is 48.5 Å². The molecule has 0 spiro atoms. The molecule has 1 atom stereocenters. The number of carbonyl (C=O) groups is 2. The highest BCUT2D eigenvalue weighted by atomic mass is 16.6. The highest BCUT2D eigenvalue weighted by Gasteiger charge is 2.30. The quantitative estimate of drug-likeness (QED) is 0.168. The molecule has 0 unspecified atom stereocenters. The van der Waals surface area contributed by atoms with Crippen LogP contribution < -0.4 is 11.1 Å².